The van der Waals surface area contributed by atoms with Crippen molar-refractivity contribution < 1.29 is 9.47 Å². The topological polar surface area (TPSA) is 43.4 Å². The van der Waals surface area contributed by atoms with Crippen LogP contribution in [-0.4, -0.2) is 31.8 Å². The van der Waals surface area contributed by atoms with Crippen molar-refractivity contribution in [3.63, 3.8) is 0 Å². The molecule has 0 aliphatic carbocycles. The second-order valence-electron chi connectivity index (χ2n) is 5.59. The molecule has 1 aromatic carbocycles. The van der Waals surface area contributed by atoms with E-state index in [2.05, 4.69) is 40.6 Å². The minimum atomic E-state index is 0.445. The molecule has 0 spiro atoms. The first-order valence-electron chi connectivity index (χ1n) is 7.76. The van der Waals surface area contributed by atoms with Gasteiger partial charge in [0.05, 0.1) is 13.7 Å². The molecule has 4 nitrogen and oxygen atoms in total. The maximum absolute atomic E-state index is 5.99. The van der Waals surface area contributed by atoms with E-state index in [-0.39, 0.29) is 0 Å². The molecule has 116 valence electrons. The molecule has 3 rings (SSSR count). The number of nitrogens with zero attached hydrogens (tertiary/aromatic N) is 1. The Kier molecular flexibility index (Phi) is 4.91. The molecule has 1 aliphatic rings. The first kappa shape index (κ1) is 14.9. The van der Waals surface area contributed by atoms with Crippen LogP contribution in [0.4, 0.5) is 0 Å². The number of hydrogen-bond acceptors (Lipinski definition) is 4. The van der Waals surface area contributed by atoms with E-state index in [9.17, 15) is 0 Å². The molecule has 2 heterocycles. The zero-order chi connectivity index (χ0) is 15.2. The predicted molar refractivity (Wildman–Crippen MR) is 86.4 cm³/mol. The first-order chi connectivity index (χ1) is 10.9. The van der Waals surface area contributed by atoms with Crippen molar-refractivity contribution in [3.05, 3.63) is 54.2 Å². The van der Waals surface area contributed by atoms with Crippen LogP contribution in [0.5, 0.6) is 11.6 Å². The van der Waals surface area contributed by atoms with Gasteiger partial charge < -0.3 is 14.8 Å². The van der Waals surface area contributed by atoms with Gasteiger partial charge in [-0.15, -0.1) is 0 Å². The summed E-state index contributed by atoms with van der Waals surface area (Å²) in [5.74, 6) is 2.23. The van der Waals surface area contributed by atoms with Gasteiger partial charge in [0.1, 0.15) is 0 Å². The van der Waals surface area contributed by atoms with Gasteiger partial charge in [0.2, 0.25) is 0 Å². The summed E-state index contributed by atoms with van der Waals surface area (Å²) in [6.45, 7) is 2.70. The first-order valence-corrected chi connectivity index (χ1v) is 7.76. The summed E-state index contributed by atoms with van der Waals surface area (Å²) in [5, 5.41) is 3.47. The van der Waals surface area contributed by atoms with Crippen LogP contribution in [0.25, 0.3) is 0 Å². The van der Waals surface area contributed by atoms with Crippen LogP contribution in [-0.2, 0) is 0 Å². The predicted octanol–water partition coefficient (Wildman–Crippen LogP) is 2.86. The molecule has 1 N–H and O–H groups in total. The fraction of sp³-hybridized carbons (Fsp3) is 0.389. The molecule has 22 heavy (non-hydrogen) atoms. The van der Waals surface area contributed by atoms with Crippen molar-refractivity contribution in [1.29, 1.82) is 0 Å². The highest BCUT2D eigenvalue weighted by Gasteiger charge is 2.27. The standard InChI is InChI=1S/C18H22N2O2/c1-21-18-17(8-5-10-20-18)22-13-15-12-19-11-9-16(15)14-6-3-2-4-7-14/h2-8,10,15-16,19H,9,11-13H2,1H3/t15-,16-/m1/s1. The molecule has 0 saturated carbocycles. The number of pyridine rings is 1. The number of nitrogens with one attached hydrogen (secondary N) is 1. The molecule has 1 saturated heterocycles. The van der Waals surface area contributed by atoms with E-state index in [1.54, 1.807) is 13.3 Å². The van der Waals surface area contributed by atoms with Crippen LogP contribution < -0.4 is 14.8 Å². The molecular weight excluding hydrogens is 276 g/mol. The van der Waals surface area contributed by atoms with E-state index in [1.165, 1.54) is 5.56 Å². The summed E-state index contributed by atoms with van der Waals surface area (Å²) in [5.41, 5.74) is 1.40. The summed E-state index contributed by atoms with van der Waals surface area (Å²) >= 11 is 0. The molecule has 1 aliphatic heterocycles. The minimum Gasteiger partial charge on any atom is -0.488 e. The average molecular weight is 298 g/mol. The number of piperidine rings is 1. The van der Waals surface area contributed by atoms with Gasteiger partial charge in [-0.05, 0) is 36.6 Å². The molecule has 2 atom stereocenters. The lowest BCUT2D eigenvalue weighted by Crippen LogP contribution is -2.38. The van der Waals surface area contributed by atoms with E-state index in [1.807, 2.05) is 12.1 Å². The average Bonchev–Trinajstić information content (AvgIpc) is 2.61. The number of ether oxygens (including phenoxy) is 2. The molecule has 0 radical (unpaired) electrons. The Morgan fingerprint density at radius 3 is 2.86 bits per heavy atom. The largest absolute Gasteiger partial charge is 0.488 e. The zero-order valence-electron chi connectivity index (χ0n) is 12.9. The Morgan fingerprint density at radius 1 is 1.18 bits per heavy atom. The van der Waals surface area contributed by atoms with Gasteiger partial charge in [-0.2, -0.15) is 0 Å². The highest BCUT2D eigenvalue weighted by Crippen LogP contribution is 2.31. The molecule has 2 aromatic rings. The van der Waals surface area contributed by atoms with Crippen LogP contribution in [0.3, 0.4) is 0 Å². The van der Waals surface area contributed by atoms with Crippen LogP contribution in [0.1, 0.15) is 17.9 Å². The fourth-order valence-corrected chi connectivity index (χ4v) is 3.07. The number of hydrogen-bond donors (Lipinski definition) is 1. The lowest BCUT2D eigenvalue weighted by Gasteiger charge is -2.32. The number of rotatable bonds is 5. The zero-order valence-corrected chi connectivity index (χ0v) is 12.9. The normalized spacial score (nSPS) is 21.3. The molecular formula is C18H22N2O2. The minimum absolute atomic E-state index is 0.445. The Morgan fingerprint density at radius 2 is 2.05 bits per heavy atom. The van der Waals surface area contributed by atoms with Crippen LogP contribution in [0, 0.1) is 5.92 Å². The summed E-state index contributed by atoms with van der Waals surface area (Å²) in [6.07, 6.45) is 2.85. The van der Waals surface area contributed by atoms with Gasteiger partial charge in [0.15, 0.2) is 5.75 Å². The van der Waals surface area contributed by atoms with Gasteiger partial charge in [0.25, 0.3) is 5.88 Å². The van der Waals surface area contributed by atoms with E-state index in [0.717, 1.165) is 19.5 Å². The van der Waals surface area contributed by atoms with E-state index in [0.29, 0.717) is 30.1 Å². The Hall–Kier alpha value is -2.07. The summed E-state index contributed by atoms with van der Waals surface area (Å²) < 4.78 is 11.2. The quantitative estimate of drug-likeness (QED) is 0.922. The fourth-order valence-electron chi connectivity index (χ4n) is 3.07. The highest BCUT2D eigenvalue weighted by molar-refractivity contribution is 5.32. The van der Waals surface area contributed by atoms with Crippen LogP contribution in [0.15, 0.2) is 48.7 Å². The van der Waals surface area contributed by atoms with Crippen LogP contribution >= 0.6 is 0 Å². The van der Waals surface area contributed by atoms with Gasteiger partial charge in [-0.1, -0.05) is 30.3 Å². The van der Waals surface area contributed by atoms with E-state index in [4.69, 9.17) is 9.47 Å². The van der Waals surface area contributed by atoms with Crippen molar-refractivity contribution in [2.75, 3.05) is 26.8 Å². The maximum atomic E-state index is 5.99. The third kappa shape index (κ3) is 3.39. The number of benzene rings is 1. The SMILES string of the molecule is COc1ncccc1OC[C@H]1CNCC[C@@H]1c1ccccc1. The van der Waals surface area contributed by atoms with Gasteiger partial charge in [0, 0.05) is 18.7 Å². The van der Waals surface area contributed by atoms with Crippen molar-refractivity contribution in [2.45, 2.75) is 12.3 Å². The molecule has 4 heteroatoms. The summed E-state index contributed by atoms with van der Waals surface area (Å²) in [4.78, 5) is 4.18. The van der Waals surface area contributed by atoms with Gasteiger partial charge in [-0.25, -0.2) is 4.98 Å². The van der Waals surface area contributed by atoms with Gasteiger partial charge in [-0.3, -0.25) is 0 Å². The molecule has 1 aromatic heterocycles. The smallest absolute Gasteiger partial charge is 0.256 e. The van der Waals surface area contributed by atoms with Gasteiger partial charge >= 0.3 is 0 Å². The lowest BCUT2D eigenvalue weighted by atomic mass is 9.81. The Balaban J connectivity index is 1.69. The van der Waals surface area contributed by atoms with E-state index < -0.39 is 0 Å². The summed E-state index contributed by atoms with van der Waals surface area (Å²) in [6, 6.07) is 14.5. The van der Waals surface area contributed by atoms with Crippen LogP contribution in [0.2, 0.25) is 0 Å². The number of aromatic nitrogens is 1. The van der Waals surface area contributed by atoms with Crippen molar-refractivity contribution >= 4 is 0 Å². The number of methoxy groups -OCH3 is 1. The monoisotopic (exact) mass is 298 g/mol. The molecule has 0 bridgehead atoms. The van der Waals surface area contributed by atoms with Crippen molar-refractivity contribution in [2.24, 2.45) is 5.92 Å². The Labute approximate surface area is 131 Å². The van der Waals surface area contributed by atoms with Crippen molar-refractivity contribution in [3.8, 4) is 11.6 Å². The third-order valence-corrected chi connectivity index (χ3v) is 4.22. The molecule has 0 unspecified atom stereocenters. The Bertz CT molecular complexity index is 589. The summed E-state index contributed by atoms with van der Waals surface area (Å²) in [7, 11) is 1.62. The third-order valence-electron chi connectivity index (χ3n) is 4.22. The van der Waals surface area contributed by atoms with E-state index >= 15 is 0 Å². The second kappa shape index (κ2) is 7.27. The lowest BCUT2D eigenvalue weighted by molar-refractivity contribution is 0.190. The maximum Gasteiger partial charge on any atom is 0.256 e. The van der Waals surface area contributed by atoms with Crippen molar-refractivity contribution in [1.82, 2.24) is 10.3 Å². The second-order valence-corrected chi connectivity index (χ2v) is 5.59. The molecule has 1 fully saturated rings. The molecule has 0 amide bonds. The highest BCUT2D eigenvalue weighted by atomic mass is 16.5.